The zero-order valence-corrected chi connectivity index (χ0v) is 13.3. The highest BCUT2D eigenvalue weighted by Crippen LogP contribution is 2.29. The lowest BCUT2D eigenvalue weighted by molar-refractivity contribution is 0.102. The number of para-hydroxylation sites is 1. The van der Waals surface area contributed by atoms with Crippen LogP contribution in [0.3, 0.4) is 0 Å². The van der Waals surface area contributed by atoms with Crippen LogP contribution in [-0.4, -0.2) is 28.3 Å². The van der Waals surface area contributed by atoms with Crippen molar-refractivity contribution in [1.29, 1.82) is 0 Å². The predicted molar refractivity (Wildman–Crippen MR) is 91.4 cm³/mol. The maximum Gasteiger partial charge on any atom is 0.260 e. The molecule has 1 heterocycles. The number of phenolic OH excluding ortho intramolecular Hbond substituents is 1. The number of ether oxygens (including phenoxy) is 1. The minimum Gasteiger partial charge on any atom is -0.507 e. The molecule has 6 nitrogen and oxygen atoms in total. The second kappa shape index (κ2) is 6.45. The molecule has 0 radical (unpaired) electrons. The van der Waals surface area contributed by atoms with Crippen LogP contribution in [-0.2, 0) is 0 Å². The Morgan fingerprint density at radius 3 is 2.75 bits per heavy atom. The molecule has 0 aliphatic carbocycles. The van der Waals surface area contributed by atoms with E-state index >= 15 is 0 Å². The largest absolute Gasteiger partial charge is 0.507 e. The van der Waals surface area contributed by atoms with Gasteiger partial charge < -0.3 is 15.2 Å². The van der Waals surface area contributed by atoms with E-state index in [-0.39, 0.29) is 11.3 Å². The Kier molecular flexibility index (Phi) is 4.20. The molecule has 0 aliphatic heterocycles. The van der Waals surface area contributed by atoms with Gasteiger partial charge in [0.05, 0.1) is 18.4 Å². The molecule has 0 aliphatic rings. The highest BCUT2D eigenvalue weighted by molar-refractivity contribution is 6.05. The number of anilines is 1. The Hall–Kier alpha value is -3.28. The Morgan fingerprint density at radius 2 is 2.00 bits per heavy atom. The van der Waals surface area contributed by atoms with E-state index in [1.165, 1.54) is 0 Å². The van der Waals surface area contributed by atoms with Gasteiger partial charge in [-0.1, -0.05) is 18.2 Å². The number of aromatic amines is 1. The lowest BCUT2D eigenvalue weighted by Gasteiger charge is -2.05. The second-order valence-electron chi connectivity index (χ2n) is 5.34. The fraction of sp³-hybridized carbons (Fsp3) is 0.111. The van der Waals surface area contributed by atoms with Crippen LogP contribution in [0.15, 0.2) is 48.5 Å². The van der Waals surface area contributed by atoms with Crippen LogP contribution in [0.2, 0.25) is 0 Å². The lowest BCUT2D eigenvalue weighted by Crippen LogP contribution is -2.12. The van der Waals surface area contributed by atoms with Gasteiger partial charge >= 0.3 is 0 Å². The van der Waals surface area contributed by atoms with E-state index < -0.39 is 5.91 Å². The first kappa shape index (κ1) is 15.6. The Bertz CT molecular complexity index is 887. The van der Waals surface area contributed by atoms with Crippen molar-refractivity contribution in [3.8, 4) is 22.8 Å². The fourth-order valence-electron chi connectivity index (χ4n) is 2.41. The Balaban J connectivity index is 1.82. The van der Waals surface area contributed by atoms with Gasteiger partial charge in [-0.3, -0.25) is 9.89 Å². The minimum absolute atomic E-state index is 0.0620. The third-order valence-corrected chi connectivity index (χ3v) is 3.61. The molecule has 3 N–H and O–H groups in total. The summed E-state index contributed by atoms with van der Waals surface area (Å²) in [6.45, 7) is 1.84. The summed E-state index contributed by atoms with van der Waals surface area (Å²) < 4.78 is 5.32. The van der Waals surface area contributed by atoms with Crippen molar-refractivity contribution < 1.29 is 14.6 Å². The summed E-state index contributed by atoms with van der Waals surface area (Å²) in [5.74, 6) is 0.578. The zero-order chi connectivity index (χ0) is 17.1. The third-order valence-electron chi connectivity index (χ3n) is 3.61. The van der Waals surface area contributed by atoms with Crippen LogP contribution < -0.4 is 10.1 Å². The fourth-order valence-corrected chi connectivity index (χ4v) is 2.41. The first-order valence-corrected chi connectivity index (χ1v) is 7.38. The van der Waals surface area contributed by atoms with Gasteiger partial charge in [-0.15, -0.1) is 0 Å². The van der Waals surface area contributed by atoms with Crippen molar-refractivity contribution in [2.24, 2.45) is 0 Å². The first-order chi connectivity index (χ1) is 11.6. The molecule has 0 bridgehead atoms. The first-order valence-electron chi connectivity index (χ1n) is 7.38. The lowest BCUT2D eigenvalue weighted by atomic mass is 10.1. The van der Waals surface area contributed by atoms with Crippen molar-refractivity contribution in [3.05, 3.63) is 59.7 Å². The number of benzene rings is 2. The number of carbonyl (C=O) groups excluding carboxylic acids is 1. The van der Waals surface area contributed by atoms with E-state index in [0.29, 0.717) is 11.6 Å². The number of hydrogen-bond acceptors (Lipinski definition) is 4. The number of nitrogens with one attached hydrogen (secondary N) is 2. The number of carbonyl (C=O) groups is 1. The summed E-state index contributed by atoms with van der Waals surface area (Å²) in [5.41, 5.74) is 2.63. The van der Waals surface area contributed by atoms with Crippen LogP contribution in [0.5, 0.6) is 11.5 Å². The number of amides is 1. The molecular weight excluding hydrogens is 306 g/mol. The monoisotopic (exact) mass is 323 g/mol. The van der Waals surface area contributed by atoms with Crippen molar-refractivity contribution in [1.82, 2.24) is 10.2 Å². The summed E-state index contributed by atoms with van der Waals surface area (Å²) in [6.07, 6.45) is 0. The van der Waals surface area contributed by atoms with Crippen LogP contribution in [0, 0.1) is 6.92 Å². The summed E-state index contributed by atoms with van der Waals surface area (Å²) in [5, 5.41) is 19.5. The number of hydrogen-bond donors (Lipinski definition) is 3. The Morgan fingerprint density at radius 1 is 1.21 bits per heavy atom. The van der Waals surface area contributed by atoms with Gasteiger partial charge in [-0.2, -0.15) is 5.10 Å². The van der Waals surface area contributed by atoms with E-state index in [2.05, 4.69) is 15.5 Å². The van der Waals surface area contributed by atoms with Crippen LogP contribution in [0.1, 0.15) is 15.9 Å². The number of aryl methyl sites for hydroxylation is 1. The molecule has 0 unspecified atom stereocenters. The van der Waals surface area contributed by atoms with E-state index in [9.17, 15) is 9.90 Å². The molecular formula is C18H17N3O3. The van der Waals surface area contributed by atoms with Crippen molar-refractivity contribution >= 4 is 11.7 Å². The van der Waals surface area contributed by atoms with Gasteiger partial charge in [0.2, 0.25) is 0 Å². The maximum absolute atomic E-state index is 12.3. The second-order valence-corrected chi connectivity index (χ2v) is 5.34. The number of methoxy groups -OCH3 is 1. The number of aromatic nitrogens is 2. The average molecular weight is 323 g/mol. The van der Waals surface area contributed by atoms with E-state index in [4.69, 9.17) is 4.74 Å². The number of aromatic hydroxyl groups is 1. The van der Waals surface area contributed by atoms with Crippen molar-refractivity contribution in [2.45, 2.75) is 6.92 Å². The molecule has 0 atom stereocenters. The summed E-state index contributed by atoms with van der Waals surface area (Å²) in [4.78, 5) is 12.3. The molecule has 2 aromatic carbocycles. The third kappa shape index (κ3) is 3.08. The standard InChI is InChI=1S/C18H17N3O3/c1-11-7-8-13(15(22)9-11)18(23)19-17-10-14(20-21-17)12-5-3-4-6-16(12)24-2/h3-10,22H,1-2H3,(H2,19,20,21,23). The Labute approximate surface area is 139 Å². The average Bonchev–Trinajstić information content (AvgIpc) is 3.03. The molecule has 1 amide bonds. The highest BCUT2D eigenvalue weighted by Gasteiger charge is 2.14. The molecule has 3 rings (SSSR count). The van der Waals surface area contributed by atoms with Crippen LogP contribution in [0.4, 0.5) is 5.82 Å². The normalized spacial score (nSPS) is 10.4. The molecule has 0 saturated heterocycles. The van der Waals surface area contributed by atoms with E-state index in [0.717, 1.165) is 16.8 Å². The van der Waals surface area contributed by atoms with Gasteiger partial charge in [-0.05, 0) is 36.8 Å². The molecule has 3 aromatic rings. The van der Waals surface area contributed by atoms with Gasteiger partial charge in [0.1, 0.15) is 11.5 Å². The smallest absolute Gasteiger partial charge is 0.260 e. The topological polar surface area (TPSA) is 87.2 Å². The van der Waals surface area contributed by atoms with Gasteiger partial charge in [0.25, 0.3) is 5.91 Å². The van der Waals surface area contributed by atoms with Gasteiger partial charge in [-0.25, -0.2) is 0 Å². The molecule has 0 saturated carbocycles. The van der Waals surface area contributed by atoms with Gasteiger partial charge in [0.15, 0.2) is 5.82 Å². The predicted octanol–water partition coefficient (Wildman–Crippen LogP) is 3.35. The number of phenols is 1. The van der Waals surface area contributed by atoms with Crippen LogP contribution in [0.25, 0.3) is 11.3 Å². The van der Waals surface area contributed by atoms with E-state index in [1.807, 2.05) is 31.2 Å². The summed E-state index contributed by atoms with van der Waals surface area (Å²) >= 11 is 0. The van der Waals surface area contributed by atoms with Crippen molar-refractivity contribution in [3.63, 3.8) is 0 Å². The minimum atomic E-state index is -0.425. The van der Waals surface area contributed by atoms with E-state index in [1.54, 1.807) is 31.4 Å². The molecule has 0 fully saturated rings. The molecule has 0 spiro atoms. The molecule has 6 heteroatoms. The van der Waals surface area contributed by atoms with Gasteiger partial charge in [0, 0.05) is 11.6 Å². The quantitative estimate of drug-likeness (QED) is 0.687. The molecule has 1 aromatic heterocycles. The summed E-state index contributed by atoms with van der Waals surface area (Å²) in [6, 6.07) is 14.1. The van der Waals surface area contributed by atoms with Crippen molar-refractivity contribution in [2.75, 3.05) is 12.4 Å². The molecule has 122 valence electrons. The highest BCUT2D eigenvalue weighted by atomic mass is 16.5. The zero-order valence-electron chi connectivity index (χ0n) is 13.3. The summed E-state index contributed by atoms with van der Waals surface area (Å²) in [7, 11) is 1.60. The van der Waals surface area contributed by atoms with Crippen LogP contribution >= 0.6 is 0 Å². The maximum atomic E-state index is 12.3. The number of rotatable bonds is 4. The number of nitrogens with zero attached hydrogens (tertiary/aromatic N) is 1. The molecule has 24 heavy (non-hydrogen) atoms. The SMILES string of the molecule is COc1ccccc1-c1cc(NC(=O)c2ccc(C)cc2O)n[nH]1. The number of H-pyrrole nitrogens is 1.